The second kappa shape index (κ2) is 7.52. The van der Waals surface area contributed by atoms with Gasteiger partial charge < -0.3 is 10.6 Å². The smallest absolute Gasteiger partial charge is 0.309 e. The second-order valence-electron chi connectivity index (χ2n) is 8.36. The number of amides is 2. The fourth-order valence-corrected chi connectivity index (χ4v) is 7.59. The van der Waals surface area contributed by atoms with Crippen molar-refractivity contribution in [1.82, 2.24) is 5.32 Å². The molecule has 0 radical (unpaired) electrons. The number of carbonyl (C=O) groups is 1. The Kier molecular flexibility index (Phi) is 5.00. The van der Waals surface area contributed by atoms with Crippen molar-refractivity contribution in [2.45, 2.75) is 61.6 Å². The highest BCUT2D eigenvalue weighted by atomic mass is 32.2. The molecule has 154 valence electrons. The van der Waals surface area contributed by atoms with E-state index in [0.717, 1.165) is 63.6 Å². The van der Waals surface area contributed by atoms with Crippen LogP contribution in [0.3, 0.4) is 0 Å². The first-order valence-electron chi connectivity index (χ1n) is 10.5. The highest BCUT2D eigenvalue weighted by molar-refractivity contribution is 7.95. The molecule has 1 aromatic heterocycles. The minimum atomic E-state index is -2.76. The van der Waals surface area contributed by atoms with Gasteiger partial charge in [-0.05, 0) is 92.3 Å². The lowest BCUT2D eigenvalue weighted by Gasteiger charge is -2.15. The molecule has 0 spiro atoms. The van der Waals surface area contributed by atoms with Gasteiger partial charge in [-0.1, -0.05) is 6.07 Å². The van der Waals surface area contributed by atoms with E-state index in [1.807, 2.05) is 12.1 Å². The van der Waals surface area contributed by atoms with Crippen LogP contribution in [0, 0.1) is 0 Å². The van der Waals surface area contributed by atoms with Gasteiger partial charge in [-0.15, -0.1) is 15.7 Å². The first-order valence-corrected chi connectivity index (χ1v) is 13.3. The molecule has 5 nitrogen and oxygen atoms in total. The number of carbonyl (C=O) groups excluding carboxylic acids is 1. The third-order valence-electron chi connectivity index (χ3n) is 6.34. The molecule has 1 unspecified atom stereocenters. The fraction of sp³-hybridized carbons (Fsp3) is 0.500. The summed E-state index contributed by atoms with van der Waals surface area (Å²) in [6, 6.07) is 6.09. The molecule has 2 heterocycles. The molecule has 2 N–H and O–H groups in total. The van der Waals surface area contributed by atoms with Crippen LogP contribution in [0.1, 0.15) is 58.9 Å². The van der Waals surface area contributed by atoms with Crippen LogP contribution in [0.4, 0.5) is 10.5 Å². The van der Waals surface area contributed by atoms with Gasteiger partial charge in [0.25, 0.3) is 0 Å². The number of fused-ring (bicyclic) bond motifs is 2. The lowest BCUT2D eigenvalue weighted by molar-refractivity contribution is 0.260. The maximum absolute atomic E-state index is 13.2. The van der Waals surface area contributed by atoms with Crippen molar-refractivity contribution in [3.05, 3.63) is 45.3 Å². The quantitative estimate of drug-likeness (QED) is 0.733. The zero-order valence-electron chi connectivity index (χ0n) is 16.8. The summed E-state index contributed by atoms with van der Waals surface area (Å²) in [7, 11) is -2.76. The van der Waals surface area contributed by atoms with Crippen LogP contribution in [0.25, 0.3) is 0 Å². The van der Waals surface area contributed by atoms with Gasteiger partial charge in [0.15, 0.2) is 0 Å². The lowest BCUT2D eigenvalue weighted by atomic mass is 9.99. The number of hydrogen-bond donors (Lipinski definition) is 2. The van der Waals surface area contributed by atoms with Crippen molar-refractivity contribution in [2.75, 3.05) is 18.1 Å². The van der Waals surface area contributed by atoms with Gasteiger partial charge in [-0.2, -0.15) is 0 Å². The van der Waals surface area contributed by atoms with Crippen molar-refractivity contribution >= 4 is 32.8 Å². The van der Waals surface area contributed by atoms with Crippen molar-refractivity contribution < 1.29 is 9.00 Å². The van der Waals surface area contributed by atoms with E-state index in [2.05, 4.69) is 21.1 Å². The summed E-state index contributed by atoms with van der Waals surface area (Å²) in [6.07, 6.45) is 10.3. The average molecular weight is 430 g/mol. The van der Waals surface area contributed by atoms with E-state index in [9.17, 15) is 9.00 Å². The standard InChI is InChI=1S/C22H27N3O2S2/c1-29(27,20-11-10-19(28-20)18-9-4-12-23-18)25-22(26)24-21-16-7-2-5-14(16)13-15-6-3-8-17(15)21/h10-11,13,18,23H,2-9,12H2,1H3,(H,24,26)/t18-,29?/m1/s1. The van der Waals surface area contributed by atoms with Crippen molar-refractivity contribution in [3.8, 4) is 0 Å². The van der Waals surface area contributed by atoms with Crippen LogP contribution in [0.2, 0.25) is 0 Å². The molecule has 0 saturated carbocycles. The van der Waals surface area contributed by atoms with Crippen molar-refractivity contribution in [1.29, 1.82) is 0 Å². The van der Waals surface area contributed by atoms with Crippen LogP contribution in [-0.2, 0) is 35.4 Å². The highest BCUT2D eigenvalue weighted by Crippen LogP contribution is 2.39. The molecule has 2 amide bonds. The lowest BCUT2D eigenvalue weighted by Crippen LogP contribution is -2.13. The zero-order chi connectivity index (χ0) is 20.0. The molecule has 1 aliphatic heterocycles. The number of rotatable bonds is 3. The van der Waals surface area contributed by atoms with Crippen LogP contribution in [0.15, 0.2) is 26.8 Å². The number of urea groups is 1. The molecule has 2 aromatic rings. The summed E-state index contributed by atoms with van der Waals surface area (Å²) in [5.41, 5.74) is 6.22. The molecule has 0 bridgehead atoms. The molecule has 29 heavy (non-hydrogen) atoms. The maximum atomic E-state index is 13.2. The predicted octanol–water partition coefficient (Wildman–Crippen LogP) is 4.84. The fourth-order valence-electron chi connectivity index (χ4n) is 4.95. The Balaban J connectivity index is 1.42. The van der Waals surface area contributed by atoms with E-state index < -0.39 is 15.8 Å². The number of benzene rings is 1. The molecule has 7 heteroatoms. The molecule has 1 saturated heterocycles. The summed E-state index contributed by atoms with van der Waals surface area (Å²) in [5.74, 6) is 0. The molecule has 3 aliphatic rings. The Morgan fingerprint density at radius 2 is 1.86 bits per heavy atom. The van der Waals surface area contributed by atoms with E-state index in [0.29, 0.717) is 10.3 Å². The van der Waals surface area contributed by atoms with Gasteiger partial charge in [0, 0.05) is 22.9 Å². The Labute approximate surface area is 176 Å². The average Bonchev–Trinajstić information content (AvgIpc) is 3.46. The Morgan fingerprint density at radius 1 is 1.14 bits per heavy atom. The minimum Gasteiger partial charge on any atom is -0.309 e. The van der Waals surface area contributed by atoms with E-state index >= 15 is 0 Å². The van der Waals surface area contributed by atoms with Crippen molar-refractivity contribution in [2.24, 2.45) is 4.36 Å². The largest absolute Gasteiger partial charge is 0.353 e. The van der Waals surface area contributed by atoms with Gasteiger partial charge in [-0.25, -0.2) is 9.00 Å². The first kappa shape index (κ1) is 19.3. The van der Waals surface area contributed by atoms with E-state index in [1.54, 1.807) is 6.26 Å². The summed E-state index contributed by atoms with van der Waals surface area (Å²) < 4.78 is 18.1. The summed E-state index contributed by atoms with van der Waals surface area (Å²) >= 11 is 1.51. The van der Waals surface area contributed by atoms with Crippen LogP contribution < -0.4 is 10.6 Å². The SMILES string of the molecule is CS(=O)(=NC(=O)Nc1c2c(cc3c1CCC3)CCC2)c1ccc([C@H]2CCCN2)s1. The van der Waals surface area contributed by atoms with Gasteiger partial charge in [-0.3, -0.25) is 0 Å². The summed E-state index contributed by atoms with van der Waals surface area (Å²) in [6.45, 7) is 1.03. The number of nitrogens with one attached hydrogen (secondary N) is 2. The molecule has 2 atom stereocenters. The van der Waals surface area contributed by atoms with Gasteiger partial charge in [0.1, 0.15) is 4.21 Å². The van der Waals surface area contributed by atoms with Crippen molar-refractivity contribution in [3.63, 3.8) is 0 Å². The molecule has 1 fully saturated rings. The van der Waals surface area contributed by atoms with Gasteiger partial charge >= 0.3 is 6.03 Å². The number of aryl methyl sites for hydroxylation is 2. The third kappa shape index (κ3) is 3.64. The number of anilines is 1. The summed E-state index contributed by atoms with van der Waals surface area (Å²) in [5, 5.41) is 6.50. The van der Waals surface area contributed by atoms with Crippen LogP contribution in [0.5, 0.6) is 0 Å². The zero-order valence-corrected chi connectivity index (χ0v) is 18.4. The maximum Gasteiger partial charge on any atom is 0.353 e. The van der Waals surface area contributed by atoms with Crippen LogP contribution in [-0.4, -0.2) is 23.0 Å². The number of nitrogens with zero attached hydrogens (tertiary/aromatic N) is 1. The molecular weight excluding hydrogens is 402 g/mol. The number of hydrogen-bond acceptors (Lipinski definition) is 4. The monoisotopic (exact) mass is 429 g/mol. The first-order chi connectivity index (χ1) is 14.0. The van der Waals surface area contributed by atoms with Gasteiger partial charge in [0.2, 0.25) is 0 Å². The Morgan fingerprint density at radius 3 is 2.52 bits per heavy atom. The molecule has 5 rings (SSSR count). The molecule has 2 aliphatic carbocycles. The van der Waals surface area contributed by atoms with E-state index in [-0.39, 0.29) is 0 Å². The minimum absolute atomic E-state index is 0.340. The Bertz CT molecular complexity index is 1060. The van der Waals surface area contributed by atoms with Gasteiger partial charge in [0.05, 0.1) is 9.73 Å². The highest BCUT2D eigenvalue weighted by Gasteiger charge is 2.25. The molecule has 1 aromatic carbocycles. The topological polar surface area (TPSA) is 70.6 Å². The number of thiophene rings is 1. The van der Waals surface area contributed by atoms with Crippen LogP contribution >= 0.6 is 11.3 Å². The Hall–Kier alpha value is -1.70. The molecular formula is C22H27N3O2S2. The third-order valence-corrected chi connectivity index (χ3v) is 9.91. The summed E-state index contributed by atoms with van der Waals surface area (Å²) in [4.78, 5) is 14.0. The van der Waals surface area contributed by atoms with E-state index in [1.165, 1.54) is 38.5 Å². The van der Waals surface area contributed by atoms with E-state index in [4.69, 9.17) is 0 Å². The normalized spacial score (nSPS) is 22.2. The second-order valence-corrected chi connectivity index (χ2v) is 12.0. The predicted molar refractivity (Wildman–Crippen MR) is 119 cm³/mol.